The van der Waals surface area contributed by atoms with Crippen molar-refractivity contribution in [3.05, 3.63) is 22.8 Å². The Kier molecular flexibility index (Phi) is 4.25. The summed E-state index contributed by atoms with van der Waals surface area (Å²) in [5.74, 6) is -0.969. The molecule has 0 spiro atoms. The van der Waals surface area contributed by atoms with Crippen LogP contribution in [0.15, 0.2) is 17.2 Å². The number of aromatic nitrogens is 1. The van der Waals surface area contributed by atoms with Gasteiger partial charge in [-0.3, -0.25) is 0 Å². The second-order valence-electron chi connectivity index (χ2n) is 3.72. The molecule has 0 radical (unpaired) electrons. The van der Waals surface area contributed by atoms with E-state index in [0.29, 0.717) is 15.4 Å². The number of nitrogens with zero attached hydrogens (tertiary/aromatic N) is 1. The van der Waals surface area contributed by atoms with Crippen LogP contribution in [0.3, 0.4) is 0 Å². The quantitative estimate of drug-likeness (QED) is 0.858. The topological polar surface area (TPSA) is 59.4 Å². The third-order valence-electron chi connectivity index (χ3n) is 2.50. The Balaban J connectivity index is 2.17. The van der Waals surface area contributed by atoms with Crippen molar-refractivity contribution in [2.24, 2.45) is 0 Å². The second kappa shape index (κ2) is 5.71. The van der Waals surface area contributed by atoms with Crippen molar-refractivity contribution in [3.63, 3.8) is 0 Å². The van der Waals surface area contributed by atoms with Crippen LogP contribution in [0.4, 0.5) is 0 Å². The third-order valence-corrected chi connectivity index (χ3v) is 4.05. The van der Waals surface area contributed by atoms with Crippen LogP contribution in [0.5, 0.6) is 0 Å². The Bertz CT molecular complexity index is 421. The van der Waals surface area contributed by atoms with Gasteiger partial charge in [-0.1, -0.05) is 11.6 Å². The lowest BCUT2D eigenvalue weighted by Crippen LogP contribution is -2.18. The number of rotatable bonds is 3. The van der Waals surface area contributed by atoms with Gasteiger partial charge in [0.05, 0.1) is 5.56 Å². The van der Waals surface area contributed by atoms with E-state index in [1.807, 2.05) is 0 Å². The minimum Gasteiger partial charge on any atom is -0.478 e. The van der Waals surface area contributed by atoms with Gasteiger partial charge in [-0.15, -0.1) is 11.8 Å². The highest BCUT2D eigenvalue weighted by Crippen LogP contribution is 2.31. The molecule has 1 saturated heterocycles. The molecule has 1 aliphatic rings. The van der Waals surface area contributed by atoms with Crippen LogP contribution in [0.2, 0.25) is 5.15 Å². The summed E-state index contributed by atoms with van der Waals surface area (Å²) in [4.78, 5) is 15.1. The lowest BCUT2D eigenvalue weighted by Gasteiger charge is -2.21. The van der Waals surface area contributed by atoms with Crippen molar-refractivity contribution in [1.82, 2.24) is 4.98 Å². The summed E-state index contributed by atoms with van der Waals surface area (Å²) in [6.45, 7) is 1.45. The molecule has 6 heteroatoms. The first-order chi connectivity index (χ1) is 8.16. The number of halogens is 1. The van der Waals surface area contributed by atoms with Gasteiger partial charge < -0.3 is 9.84 Å². The van der Waals surface area contributed by atoms with Crippen LogP contribution in [-0.4, -0.2) is 34.5 Å². The third kappa shape index (κ3) is 3.34. The molecular formula is C11H12ClNO3S. The first kappa shape index (κ1) is 12.7. The summed E-state index contributed by atoms with van der Waals surface area (Å²) >= 11 is 7.27. The van der Waals surface area contributed by atoms with E-state index in [9.17, 15) is 4.79 Å². The first-order valence-electron chi connectivity index (χ1n) is 5.31. The Morgan fingerprint density at radius 2 is 2.18 bits per heavy atom. The van der Waals surface area contributed by atoms with Crippen LogP contribution < -0.4 is 0 Å². The number of hydrogen-bond donors (Lipinski definition) is 1. The van der Waals surface area contributed by atoms with Gasteiger partial charge in [0.25, 0.3) is 0 Å². The highest BCUT2D eigenvalue weighted by atomic mass is 35.5. The SMILES string of the molecule is O=C(O)c1ccc(Cl)nc1SC1CCOCC1. The van der Waals surface area contributed by atoms with Gasteiger partial charge in [0.2, 0.25) is 0 Å². The van der Waals surface area contributed by atoms with Crippen molar-refractivity contribution in [3.8, 4) is 0 Å². The van der Waals surface area contributed by atoms with Gasteiger partial charge >= 0.3 is 5.97 Å². The molecule has 1 N–H and O–H groups in total. The number of hydrogen-bond acceptors (Lipinski definition) is 4. The molecule has 1 aromatic rings. The normalized spacial score (nSPS) is 17.0. The van der Waals surface area contributed by atoms with Crippen LogP contribution >= 0.6 is 23.4 Å². The summed E-state index contributed by atoms with van der Waals surface area (Å²) in [7, 11) is 0. The molecular weight excluding hydrogens is 262 g/mol. The number of ether oxygens (including phenoxy) is 1. The molecule has 0 bridgehead atoms. The number of carbonyl (C=O) groups is 1. The number of carboxylic acids is 1. The van der Waals surface area contributed by atoms with E-state index in [4.69, 9.17) is 21.4 Å². The summed E-state index contributed by atoms with van der Waals surface area (Å²) in [5, 5.41) is 10.2. The molecule has 17 heavy (non-hydrogen) atoms. The zero-order chi connectivity index (χ0) is 12.3. The maximum absolute atomic E-state index is 11.1. The minimum atomic E-state index is -0.969. The lowest BCUT2D eigenvalue weighted by molar-refractivity contribution is 0.0692. The highest BCUT2D eigenvalue weighted by Gasteiger charge is 2.20. The van der Waals surface area contributed by atoms with Gasteiger partial charge in [0.15, 0.2) is 0 Å². The molecule has 0 saturated carbocycles. The number of carboxylic acid groups (broad SMARTS) is 1. The van der Waals surface area contributed by atoms with Crippen molar-refractivity contribution in [2.45, 2.75) is 23.1 Å². The largest absolute Gasteiger partial charge is 0.478 e. The van der Waals surface area contributed by atoms with Crippen LogP contribution in [0.25, 0.3) is 0 Å². The minimum absolute atomic E-state index is 0.214. The Hall–Kier alpha value is -0.780. The average molecular weight is 274 g/mol. The predicted octanol–water partition coefficient (Wildman–Crippen LogP) is 2.70. The molecule has 0 amide bonds. The molecule has 0 unspecified atom stereocenters. The zero-order valence-electron chi connectivity index (χ0n) is 9.06. The summed E-state index contributed by atoms with van der Waals surface area (Å²) in [6, 6.07) is 3.00. The fraction of sp³-hybridized carbons (Fsp3) is 0.455. The first-order valence-corrected chi connectivity index (χ1v) is 6.57. The summed E-state index contributed by atoms with van der Waals surface area (Å²) < 4.78 is 5.26. The van der Waals surface area contributed by atoms with Gasteiger partial charge in [-0.05, 0) is 25.0 Å². The summed E-state index contributed by atoms with van der Waals surface area (Å²) in [6.07, 6.45) is 1.83. The van der Waals surface area contributed by atoms with Gasteiger partial charge in [-0.25, -0.2) is 9.78 Å². The molecule has 2 rings (SSSR count). The Morgan fingerprint density at radius 1 is 1.47 bits per heavy atom. The maximum atomic E-state index is 11.1. The average Bonchev–Trinajstić information content (AvgIpc) is 2.30. The van der Waals surface area contributed by atoms with E-state index in [0.717, 1.165) is 26.1 Å². The van der Waals surface area contributed by atoms with E-state index in [1.165, 1.54) is 23.9 Å². The van der Waals surface area contributed by atoms with Gasteiger partial charge in [-0.2, -0.15) is 0 Å². The van der Waals surface area contributed by atoms with Crippen molar-refractivity contribution < 1.29 is 14.6 Å². The molecule has 92 valence electrons. The second-order valence-corrected chi connectivity index (χ2v) is 5.40. The van der Waals surface area contributed by atoms with Crippen molar-refractivity contribution in [2.75, 3.05) is 13.2 Å². The van der Waals surface area contributed by atoms with E-state index in [1.54, 1.807) is 0 Å². The number of thioether (sulfide) groups is 1. The lowest BCUT2D eigenvalue weighted by atomic mass is 10.2. The molecule has 1 fully saturated rings. The Labute approximate surface area is 108 Å². The molecule has 1 aliphatic heterocycles. The molecule has 1 aromatic heterocycles. The smallest absolute Gasteiger partial charge is 0.338 e. The number of aromatic carboxylic acids is 1. The van der Waals surface area contributed by atoms with Gasteiger partial charge in [0, 0.05) is 18.5 Å². The van der Waals surface area contributed by atoms with E-state index >= 15 is 0 Å². The van der Waals surface area contributed by atoms with E-state index in [2.05, 4.69) is 4.98 Å². The monoisotopic (exact) mass is 273 g/mol. The maximum Gasteiger partial charge on any atom is 0.338 e. The van der Waals surface area contributed by atoms with Crippen LogP contribution in [-0.2, 0) is 4.74 Å². The molecule has 4 nitrogen and oxygen atoms in total. The highest BCUT2D eigenvalue weighted by molar-refractivity contribution is 7.99. The predicted molar refractivity (Wildman–Crippen MR) is 65.9 cm³/mol. The van der Waals surface area contributed by atoms with Crippen LogP contribution in [0, 0.1) is 0 Å². The molecule has 0 atom stereocenters. The van der Waals surface area contributed by atoms with Crippen molar-refractivity contribution >= 4 is 29.3 Å². The number of pyridine rings is 1. The van der Waals surface area contributed by atoms with E-state index < -0.39 is 5.97 Å². The standard InChI is InChI=1S/C11H12ClNO3S/c12-9-2-1-8(11(14)15)10(13-9)17-7-3-5-16-6-4-7/h1-2,7H,3-6H2,(H,14,15). The zero-order valence-corrected chi connectivity index (χ0v) is 10.6. The van der Waals surface area contributed by atoms with Crippen molar-refractivity contribution in [1.29, 1.82) is 0 Å². The van der Waals surface area contributed by atoms with E-state index in [-0.39, 0.29) is 5.56 Å². The molecule has 0 aromatic carbocycles. The molecule has 0 aliphatic carbocycles. The van der Waals surface area contributed by atoms with Gasteiger partial charge in [0.1, 0.15) is 10.2 Å². The fourth-order valence-corrected chi connectivity index (χ4v) is 3.00. The summed E-state index contributed by atoms with van der Waals surface area (Å²) in [5.41, 5.74) is 0.214. The fourth-order valence-electron chi connectivity index (χ4n) is 1.62. The Morgan fingerprint density at radius 3 is 2.82 bits per heavy atom. The molecule has 2 heterocycles. The van der Waals surface area contributed by atoms with Crippen LogP contribution in [0.1, 0.15) is 23.2 Å².